The molecule has 3 aromatic heterocycles. The second kappa shape index (κ2) is 17.4. The van der Waals surface area contributed by atoms with Gasteiger partial charge in [0.05, 0.1) is 0 Å². The lowest BCUT2D eigenvalue weighted by Gasteiger charge is -1.70. The Balaban J connectivity index is 0.000000262. The van der Waals surface area contributed by atoms with Crippen molar-refractivity contribution in [1.29, 1.82) is 0 Å². The summed E-state index contributed by atoms with van der Waals surface area (Å²) in [5.74, 6) is 0. The molecular weight excluding hydrogens is 265 g/mol. The van der Waals surface area contributed by atoms with Crippen molar-refractivity contribution >= 4 is 7.69 Å². The van der Waals surface area contributed by atoms with E-state index in [9.17, 15) is 0 Å². The molecule has 0 atom stereocenters. The van der Waals surface area contributed by atoms with Gasteiger partial charge in [-0.3, -0.25) is 15.0 Å². The molecule has 0 bridgehead atoms. The van der Waals surface area contributed by atoms with E-state index in [4.69, 9.17) is 10.0 Å². The van der Waals surface area contributed by atoms with Crippen LogP contribution in [0.25, 0.3) is 0 Å². The monoisotopic (exact) mass is 282 g/mol. The zero-order valence-electron chi connectivity index (χ0n) is 11.5. The van der Waals surface area contributed by atoms with Crippen molar-refractivity contribution in [1.82, 2.24) is 15.0 Å². The molecule has 107 valence electrons. The third-order valence-electron chi connectivity index (χ3n) is 1.70. The van der Waals surface area contributed by atoms with Gasteiger partial charge in [0.15, 0.2) is 0 Å². The van der Waals surface area contributed by atoms with Crippen LogP contribution in [-0.2, 0) is 0 Å². The van der Waals surface area contributed by atoms with Crippen LogP contribution >= 0.6 is 0 Å². The maximum absolute atomic E-state index is 7.00. The van der Waals surface area contributed by atoms with Crippen molar-refractivity contribution in [3.8, 4) is 0 Å². The van der Waals surface area contributed by atoms with E-state index in [-0.39, 0.29) is 7.69 Å². The highest BCUT2D eigenvalue weighted by Gasteiger charge is 1.59. The van der Waals surface area contributed by atoms with Crippen molar-refractivity contribution in [2.75, 3.05) is 0 Å². The maximum atomic E-state index is 7.00. The van der Waals surface area contributed by atoms with Gasteiger partial charge in [-0.15, -0.1) is 0 Å². The molecule has 0 saturated heterocycles. The fourth-order valence-electron chi connectivity index (χ4n) is 0.938. The number of pyridine rings is 3. The molecule has 0 unspecified atom stereocenters. The number of hydrogen-bond donors (Lipinski definition) is 2. The molecule has 6 heteroatoms. The van der Waals surface area contributed by atoms with E-state index in [1.807, 2.05) is 54.6 Å². The quantitative estimate of drug-likeness (QED) is 0.614. The standard InChI is InChI=1S/3C5H5N.BH2O2/c3*1-2-4-6-5-3-1;2-1-3/h3*1-5H;2-3H. The fraction of sp³-hybridized carbons (Fsp3) is 0. The molecule has 2 N–H and O–H groups in total. The van der Waals surface area contributed by atoms with Crippen LogP contribution in [0.2, 0.25) is 0 Å². The van der Waals surface area contributed by atoms with Gasteiger partial charge >= 0.3 is 7.69 Å². The van der Waals surface area contributed by atoms with Gasteiger partial charge in [0.1, 0.15) is 0 Å². The van der Waals surface area contributed by atoms with E-state index >= 15 is 0 Å². The number of hydrogen-bond acceptors (Lipinski definition) is 5. The molecular formula is C15H17BN3O2. The molecule has 5 nitrogen and oxygen atoms in total. The predicted molar refractivity (Wildman–Crippen MR) is 82.9 cm³/mol. The summed E-state index contributed by atoms with van der Waals surface area (Å²) in [5, 5.41) is 14.0. The molecule has 21 heavy (non-hydrogen) atoms. The molecule has 0 aromatic carbocycles. The highest BCUT2D eigenvalue weighted by molar-refractivity contribution is 6.13. The third-order valence-corrected chi connectivity index (χ3v) is 1.70. The molecule has 0 fully saturated rings. The second-order valence-electron chi connectivity index (χ2n) is 3.19. The zero-order chi connectivity index (χ0) is 15.4. The van der Waals surface area contributed by atoms with Crippen molar-refractivity contribution < 1.29 is 10.0 Å². The molecule has 0 spiro atoms. The first-order valence-electron chi connectivity index (χ1n) is 6.07. The molecule has 0 aliphatic heterocycles. The Morgan fingerprint density at radius 3 is 0.667 bits per heavy atom. The van der Waals surface area contributed by atoms with Crippen LogP contribution in [0, 0.1) is 0 Å². The van der Waals surface area contributed by atoms with E-state index < -0.39 is 0 Å². The van der Waals surface area contributed by atoms with Gasteiger partial charge in [0, 0.05) is 37.2 Å². The lowest BCUT2D eigenvalue weighted by molar-refractivity contribution is 0.448. The topological polar surface area (TPSA) is 79.1 Å². The van der Waals surface area contributed by atoms with Crippen LogP contribution in [0.1, 0.15) is 0 Å². The molecule has 0 aliphatic rings. The van der Waals surface area contributed by atoms with E-state index in [1.165, 1.54) is 0 Å². The number of aromatic nitrogens is 3. The maximum Gasteiger partial charge on any atom is 0.482 e. The van der Waals surface area contributed by atoms with E-state index in [2.05, 4.69) is 15.0 Å². The van der Waals surface area contributed by atoms with Gasteiger partial charge in [0.25, 0.3) is 0 Å². The summed E-state index contributed by atoms with van der Waals surface area (Å²) in [7, 11) is 0. The summed E-state index contributed by atoms with van der Waals surface area (Å²) < 4.78 is 0. The van der Waals surface area contributed by atoms with Crippen LogP contribution in [-0.4, -0.2) is 32.7 Å². The van der Waals surface area contributed by atoms with Gasteiger partial charge < -0.3 is 10.0 Å². The summed E-state index contributed by atoms with van der Waals surface area (Å²) >= 11 is 0. The van der Waals surface area contributed by atoms with Gasteiger partial charge in [-0.1, -0.05) is 18.2 Å². The van der Waals surface area contributed by atoms with Gasteiger partial charge in [-0.2, -0.15) is 0 Å². The van der Waals surface area contributed by atoms with Gasteiger partial charge in [0.2, 0.25) is 0 Å². The highest BCUT2D eigenvalue weighted by Crippen LogP contribution is 1.74. The zero-order valence-corrected chi connectivity index (χ0v) is 11.5. The third kappa shape index (κ3) is 17.4. The minimum absolute atomic E-state index is 0. The van der Waals surface area contributed by atoms with Crippen molar-refractivity contribution in [3.63, 3.8) is 0 Å². The smallest absolute Gasteiger partial charge is 0.429 e. The molecule has 1 radical (unpaired) electrons. The van der Waals surface area contributed by atoms with Crippen LogP contribution in [0.15, 0.2) is 91.8 Å². The summed E-state index contributed by atoms with van der Waals surface area (Å²) in [6.45, 7) is 0. The van der Waals surface area contributed by atoms with E-state index in [1.54, 1.807) is 37.2 Å². The Hall–Kier alpha value is -2.57. The molecule has 0 saturated carbocycles. The Labute approximate surface area is 125 Å². The molecule has 3 aromatic rings. The molecule has 0 aliphatic carbocycles. The Morgan fingerprint density at radius 1 is 0.429 bits per heavy atom. The normalized spacial score (nSPS) is 7.52. The van der Waals surface area contributed by atoms with Gasteiger partial charge in [-0.05, 0) is 36.4 Å². The Bertz CT molecular complexity index is 332. The van der Waals surface area contributed by atoms with E-state index in [0.29, 0.717) is 0 Å². The molecule has 3 heterocycles. The van der Waals surface area contributed by atoms with Crippen LogP contribution in [0.5, 0.6) is 0 Å². The van der Waals surface area contributed by atoms with Crippen molar-refractivity contribution in [3.05, 3.63) is 91.8 Å². The minimum Gasteiger partial charge on any atom is -0.429 e. The van der Waals surface area contributed by atoms with Crippen LogP contribution in [0.3, 0.4) is 0 Å². The summed E-state index contributed by atoms with van der Waals surface area (Å²) in [5.41, 5.74) is 0. The largest absolute Gasteiger partial charge is 0.482 e. The van der Waals surface area contributed by atoms with Crippen LogP contribution < -0.4 is 0 Å². The average Bonchev–Trinajstić information content (AvgIpc) is 2.61. The molecule has 3 rings (SSSR count). The fourth-order valence-corrected chi connectivity index (χ4v) is 0.938. The lowest BCUT2D eigenvalue weighted by atomic mass is 10.5. The highest BCUT2D eigenvalue weighted by atomic mass is 16.4. The van der Waals surface area contributed by atoms with Gasteiger partial charge in [-0.25, -0.2) is 0 Å². The Morgan fingerprint density at radius 2 is 0.619 bits per heavy atom. The SMILES string of the molecule is O[B]O.c1ccncc1.c1ccncc1.c1ccncc1. The summed E-state index contributed by atoms with van der Waals surface area (Å²) in [4.78, 5) is 11.4. The van der Waals surface area contributed by atoms with Crippen molar-refractivity contribution in [2.45, 2.75) is 0 Å². The number of nitrogens with zero attached hydrogens (tertiary/aromatic N) is 3. The van der Waals surface area contributed by atoms with Crippen molar-refractivity contribution in [2.24, 2.45) is 0 Å². The van der Waals surface area contributed by atoms with Crippen LogP contribution in [0.4, 0.5) is 0 Å². The number of rotatable bonds is 0. The predicted octanol–water partition coefficient (Wildman–Crippen LogP) is 1.75. The lowest BCUT2D eigenvalue weighted by Crippen LogP contribution is -1.75. The Kier molecular flexibility index (Phi) is 15.3. The second-order valence-corrected chi connectivity index (χ2v) is 3.19. The molecule has 0 amide bonds. The minimum atomic E-state index is 0. The van der Waals surface area contributed by atoms with E-state index in [0.717, 1.165) is 0 Å². The summed E-state index contributed by atoms with van der Waals surface area (Å²) in [6.07, 6.45) is 10.5. The first-order valence-corrected chi connectivity index (χ1v) is 6.07. The first kappa shape index (κ1) is 18.4. The summed E-state index contributed by atoms with van der Waals surface area (Å²) in [6, 6.07) is 17.1. The average molecular weight is 282 g/mol. The first-order chi connectivity index (χ1) is 10.4.